The summed E-state index contributed by atoms with van der Waals surface area (Å²) in [6.45, 7) is 7.46. The van der Waals surface area contributed by atoms with Gasteiger partial charge in [0.1, 0.15) is 5.82 Å². The lowest BCUT2D eigenvalue weighted by molar-refractivity contribution is 0.194. The molecular weight excluding hydrogens is 227 g/mol. The molecule has 100 valence electrons. The highest BCUT2D eigenvalue weighted by Gasteiger charge is 2.21. The van der Waals surface area contributed by atoms with Gasteiger partial charge in [-0.15, -0.1) is 0 Å². The number of benzene rings is 1. The van der Waals surface area contributed by atoms with Crippen LogP contribution >= 0.6 is 0 Å². The summed E-state index contributed by atoms with van der Waals surface area (Å²) in [6, 6.07) is 8.07. The fraction of sp³-hybridized carbons (Fsp3) is 0.600. The first-order valence-corrected chi connectivity index (χ1v) is 6.91. The largest absolute Gasteiger partial charge is 0.313 e. The molecule has 1 saturated heterocycles. The van der Waals surface area contributed by atoms with Gasteiger partial charge in [0.15, 0.2) is 0 Å². The number of rotatable bonds is 3. The van der Waals surface area contributed by atoms with Crippen LogP contribution < -0.4 is 5.32 Å². The van der Waals surface area contributed by atoms with Crippen molar-refractivity contribution in [3.63, 3.8) is 0 Å². The molecule has 1 N–H and O–H groups in total. The Balaban J connectivity index is 2.05. The Morgan fingerprint density at radius 3 is 3.00 bits per heavy atom. The van der Waals surface area contributed by atoms with Gasteiger partial charge in [-0.1, -0.05) is 19.1 Å². The van der Waals surface area contributed by atoms with E-state index in [1.165, 1.54) is 6.07 Å². The zero-order valence-corrected chi connectivity index (χ0v) is 11.3. The van der Waals surface area contributed by atoms with E-state index in [9.17, 15) is 4.39 Å². The van der Waals surface area contributed by atoms with Crippen LogP contribution in [0.3, 0.4) is 0 Å². The molecule has 0 saturated carbocycles. The Morgan fingerprint density at radius 1 is 1.44 bits per heavy atom. The van der Waals surface area contributed by atoms with E-state index < -0.39 is 0 Å². The summed E-state index contributed by atoms with van der Waals surface area (Å²) in [5.74, 6) is -0.139. The second-order valence-corrected chi connectivity index (χ2v) is 5.26. The van der Waals surface area contributed by atoms with Crippen LogP contribution in [0, 0.1) is 5.82 Å². The molecule has 2 unspecified atom stereocenters. The van der Waals surface area contributed by atoms with E-state index >= 15 is 0 Å². The minimum Gasteiger partial charge on any atom is -0.313 e. The average Bonchev–Trinajstić information content (AvgIpc) is 2.52. The quantitative estimate of drug-likeness (QED) is 0.887. The van der Waals surface area contributed by atoms with Crippen LogP contribution in [-0.4, -0.2) is 30.1 Å². The van der Waals surface area contributed by atoms with Crippen molar-refractivity contribution in [1.29, 1.82) is 0 Å². The van der Waals surface area contributed by atoms with Gasteiger partial charge in [0, 0.05) is 25.2 Å². The number of nitrogens with one attached hydrogen (secondary N) is 1. The summed E-state index contributed by atoms with van der Waals surface area (Å²) < 4.78 is 13.2. The first-order valence-electron chi connectivity index (χ1n) is 6.91. The van der Waals surface area contributed by atoms with Gasteiger partial charge in [-0.2, -0.15) is 0 Å². The molecule has 18 heavy (non-hydrogen) atoms. The van der Waals surface area contributed by atoms with Gasteiger partial charge < -0.3 is 5.32 Å². The Hall–Kier alpha value is -0.930. The van der Waals surface area contributed by atoms with Crippen LogP contribution in [0.15, 0.2) is 24.3 Å². The van der Waals surface area contributed by atoms with Crippen LogP contribution in [-0.2, 0) is 6.54 Å². The topological polar surface area (TPSA) is 15.3 Å². The highest BCUT2D eigenvalue weighted by molar-refractivity contribution is 5.16. The maximum Gasteiger partial charge on any atom is 0.123 e. The molecule has 0 aliphatic carbocycles. The molecule has 1 aliphatic heterocycles. The number of halogens is 1. The molecule has 1 aromatic rings. The van der Waals surface area contributed by atoms with Crippen molar-refractivity contribution in [1.82, 2.24) is 10.2 Å². The Kier molecular flexibility index (Phi) is 4.72. The molecule has 0 amide bonds. The van der Waals surface area contributed by atoms with Crippen molar-refractivity contribution in [2.24, 2.45) is 0 Å². The van der Waals surface area contributed by atoms with Gasteiger partial charge >= 0.3 is 0 Å². The standard InChI is InChI=1S/C15H23FN2/c1-3-15-11-18(12(2)7-8-17-15)10-13-5-4-6-14(16)9-13/h4-6,9,12,15,17H,3,7-8,10-11H2,1-2H3. The monoisotopic (exact) mass is 250 g/mol. The Labute approximate surface area is 109 Å². The minimum atomic E-state index is -0.139. The van der Waals surface area contributed by atoms with Crippen LogP contribution in [0.2, 0.25) is 0 Å². The normalized spacial score (nSPS) is 25.9. The maximum absolute atomic E-state index is 13.2. The number of hydrogen-bond acceptors (Lipinski definition) is 2. The molecule has 2 rings (SSSR count). The summed E-state index contributed by atoms with van der Waals surface area (Å²) in [5.41, 5.74) is 1.07. The van der Waals surface area contributed by atoms with Gasteiger partial charge in [-0.05, 0) is 44.0 Å². The van der Waals surface area contributed by atoms with E-state index in [1.54, 1.807) is 12.1 Å². The maximum atomic E-state index is 13.2. The van der Waals surface area contributed by atoms with Gasteiger partial charge in [0.2, 0.25) is 0 Å². The van der Waals surface area contributed by atoms with Crippen LogP contribution in [0.25, 0.3) is 0 Å². The molecule has 1 fully saturated rings. The summed E-state index contributed by atoms with van der Waals surface area (Å²) in [5, 5.41) is 3.57. The lowest BCUT2D eigenvalue weighted by Crippen LogP contribution is -2.39. The molecule has 2 atom stereocenters. The summed E-state index contributed by atoms with van der Waals surface area (Å²) in [7, 11) is 0. The van der Waals surface area contributed by atoms with Crippen molar-refractivity contribution < 1.29 is 4.39 Å². The Bertz CT molecular complexity index is 381. The highest BCUT2D eigenvalue weighted by atomic mass is 19.1. The van der Waals surface area contributed by atoms with Gasteiger partial charge in [0.05, 0.1) is 0 Å². The molecule has 0 bridgehead atoms. The van der Waals surface area contributed by atoms with Crippen molar-refractivity contribution in [2.45, 2.75) is 45.3 Å². The molecule has 1 heterocycles. The smallest absolute Gasteiger partial charge is 0.123 e. The lowest BCUT2D eigenvalue weighted by Gasteiger charge is -2.28. The molecular formula is C15H23FN2. The molecule has 0 aromatic heterocycles. The predicted octanol–water partition coefficient (Wildman–Crippen LogP) is 2.79. The van der Waals surface area contributed by atoms with Gasteiger partial charge in [0.25, 0.3) is 0 Å². The first-order chi connectivity index (χ1) is 8.69. The molecule has 1 aliphatic rings. The van der Waals surface area contributed by atoms with Crippen molar-refractivity contribution in [2.75, 3.05) is 13.1 Å². The zero-order valence-electron chi connectivity index (χ0n) is 11.3. The first kappa shape index (κ1) is 13.5. The molecule has 2 nitrogen and oxygen atoms in total. The third-order valence-electron chi connectivity index (χ3n) is 3.84. The highest BCUT2D eigenvalue weighted by Crippen LogP contribution is 2.15. The van der Waals surface area contributed by atoms with Crippen LogP contribution in [0.1, 0.15) is 32.3 Å². The molecule has 1 aromatic carbocycles. The van der Waals surface area contributed by atoms with E-state index in [1.807, 2.05) is 6.07 Å². The summed E-state index contributed by atoms with van der Waals surface area (Å²) in [4.78, 5) is 2.46. The van der Waals surface area contributed by atoms with Crippen molar-refractivity contribution >= 4 is 0 Å². The number of nitrogens with zero attached hydrogens (tertiary/aromatic N) is 1. The number of hydrogen-bond donors (Lipinski definition) is 1. The second-order valence-electron chi connectivity index (χ2n) is 5.26. The third-order valence-corrected chi connectivity index (χ3v) is 3.84. The Morgan fingerprint density at radius 2 is 2.28 bits per heavy atom. The van der Waals surface area contributed by atoms with Crippen molar-refractivity contribution in [3.05, 3.63) is 35.6 Å². The SMILES string of the molecule is CCC1CN(Cc2cccc(F)c2)C(C)CCN1. The predicted molar refractivity (Wildman–Crippen MR) is 73.0 cm³/mol. The van der Waals surface area contributed by atoms with Gasteiger partial charge in [-0.25, -0.2) is 4.39 Å². The molecule has 3 heteroatoms. The third kappa shape index (κ3) is 3.53. The van der Waals surface area contributed by atoms with E-state index in [-0.39, 0.29) is 5.82 Å². The van der Waals surface area contributed by atoms with E-state index in [2.05, 4.69) is 24.1 Å². The fourth-order valence-corrected chi connectivity index (χ4v) is 2.57. The average molecular weight is 250 g/mol. The fourth-order valence-electron chi connectivity index (χ4n) is 2.57. The zero-order chi connectivity index (χ0) is 13.0. The van der Waals surface area contributed by atoms with E-state index in [0.717, 1.165) is 38.0 Å². The molecule has 0 spiro atoms. The molecule has 0 radical (unpaired) electrons. The van der Waals surface area contributed by atoms with Gasteiger partial charge in [-0.3, -0.25) is 4.90 Å². The van der Waals surface area contributed by atoms with E-state index in [0.29, 0.717) is 12.1 Å². The van der Waals surface area contributed by atoms with Crippen LogP contribution in [0.5, 0.6) is 0 Å². The summed E-state index contributed by atoms with van der Waals surface area (Å²) >= 11 is 0. The van der Waals surface area contributed by atoms with E-state index in [4.69, 9.17) is 0 Å². The lowest BCUT2D eigenvalue weighted by atomic mass is 10.1. The van der Waals surface area contributed by atoms with Crippen LogP contribution in [0.4, 0.5) is 4.39 Å². The summed E-state index contributed by atoms with van der Waals surface area (Å²) in [6.07, 6.45) is 2.30. The minimum absolute atomic E-state index is 0.139. The van der Waals surface area contributed by atoms with Crippen molar-refractivity contribution in [3.8, 4) is 0 Å². The second kappa shape index (κ2) is 6.30.